The van der Waals surface area contributed by atoms with Crippen LogP contribution in [0.4, 0.5) is 0 Å². The van der Waals surface area contributed by atoms with E-state index in [1.54, 1.807) is 19.1 Å². The highest BCUT2D eigenvalue weighted by Gasteiger charge is 2.23. The van der Waals surface area contributed by atoms with Gasteiger partial charge in [-0.05, 0) is 35.7 Å². The molecule has 0 fully saturated rings. The molecule has 10 heteroatoms. The summed E-state index contributed by atoms with van der Waals surface area (Å²) in [5, 5.41) is 0.716. The van der Waals surface area contributed by atoms with Gasteiger partial charge in [0.2, 0.25) is 0 Å². The number of carbonyl (C=O) groups excluding carboxylic acids is 2. The fourth-order valence-electron chi connectivity index (χ4n) is 3.12. The lowest BCUT2D eigenvalue weighted by Crippen LogP contribution is -2.39. The van der Waals surface area contributed by atoms with E-state index in [4.69, 9.17) is 53.8 Å². The topological polar surface area (TPSA) is 74.3 Å². The van der Waals surface area contributed by atoms with E-state index < -0.39 is 12.6 Å². The van der Waals surface area contributed by atoms with E-state index in [2.05, 4.69) is 0 Å². The summed E-state index contributed by atoms with van der Waals surface area (Å²) in [6.07, 6.45) is 0.661. The van der Waals surface area contributed by atoms with Crippen LogP contribution in [0.2, 0.25) is 15.1 Å². The van der Waals surface area contributed by atoms with Crippen LogP contribution in [-0.2, 0) is 27.3 Å². The van der Waals surface area contributed by atoms with Crippen molar-refractivity contribution in [2.45, 2.75) is 13.0 Å². The maximum atomic E-state index is 12.5. The Hall–Kier alpha value is -2.35. The van der Waals surface area contributed by atoms with Gasteiger partial charge in [-0.25, -0.2) is 4.79 Å². The lowest BCUT2D eigenvalue weighted by Gasteiger charge is -2.29. The third-order valence-electron chi connectivity index (χ3n) is 4.75. The highest BCUT2D eigenvalue weighted by atomic mass is 35.5. The van der Waals surface area contributed by atoms with Gasteiger partial charge >= 0.3 is 5.97 Å². The van der Waals surface area contributed by atoms with Gasteiger partial charge in [-0.3, -0.25) is 4.79 Å². The summed E-state index contributed by atoms with van der Waals surface area (Å²) < 4.78 is 21.0. The SMILES string of the molecule is COc1cc2c(cc1OC)CN(C(=O)COC(=O)COc1cc(Cl)c(Cl)cc1Cl)CC2. The van der Waals surface area contributed by atoms with Crippen molar-refractivity contribution in [2.75, 3.05) is 34.0 Å². The Labute approximate surface area is 194 Å². The lowest BCUT2D eigenvalue weighted by molar-refractivity contribution is -0.154. The first kappa shape index (κ1) is 23.3. The van der Waals surface area contributed by atoms with Crippen LogP contribution in [-0.4, -0.2) is 50.8 Å². The zero-order valence-electron chi connectivity index (χ0n) is 16.9. The second kappa shape index (κ2) is 10.3. The van der Waals surface area contributed by atoms with E-state index in [1.807, 2.05) is 12.1 Å². The summed E-state index contributed by atoms with van der Waals surface area (Å²) in [7, 11) is 3.14. The first-order valence-electron chi connectivity index (χ1n) is 9.27. The molecular formula is C21H20Cl3NO6. The summed E-state index contributed by atoms with van der Waals surface area (Å²) in [6, 6.07) is 6.59. The van der Waals surface area contributed by atoms with Crippen LogP contribution < -0.4 is 14.2 Å². The van der Waals surface area contributed by atoms with Crippen LogP contribution >= 0.6 is 34.8 Å². The molecule has 166 valence electrons. The molecule has 31 heavy (non-hydrogen) atoms. The normalized spacial score (nSPS) is 12.7. The molecule has 1 amide bonds. The Balaban J connectivity index is 1.52. The largest absolute Gasteiger partial charge is 0.493 e. The molecule has 0 atom stereocenters. The van der Waals surface area contributed by atoms with E-state index in [0.29, 0.717) is 31.0 Å². The van der Waals surface area contributed by atoms with Gasteiger partial charge < -0.3 is 23.8 Å². The number of ether oxygens (including phenoxy) is 4. The maximum Gasteiger partial charge on any atom is 0.344 e. The van der Waals surface area contributed by atoms with Gasteiger partial charge in [-0.15, -0.1) is 0 Å². The van der Waals surface area contributed by atoms with Crippen molar-refractivity contribution in [2.24, 2.45) is 0 Å². The Bertz CT molecular complexity index is 998. The molecule has 0 aliphatic carbocycles. The van der Waals surface area contributed by atoms with E-state index >= 15 is 0 Å². The minimum absolute atomic E-state index is 0.191. The zero-order chi connectivity index (χ0) is 22.5. The summed E-state index contributed by atoms with van der Waals surface area (Å²) in [5.74, 6) is 0.425. The fraction of sp³-hybridized carbons (Fsp3) is 0.333. The predicted octanol–water partition coefficient (Wildman–Crippen LogP) is 4.17. The van der Waals surface area contributed by atoms with Crippen molar-refractivity contribution in [3.8, 4) is 17.2 Å². The molecule has 1 heterocycles. The molecular weight excluding hydrogens is 469 g/mol. The highest BCUT2D eigenvalue weighted by Crippen LogP contribution is 2.34. The lowest BCUT2D eigenvalue weighted by atomic mass is 9.99. The van der Waals surface area contributed by atoms with Gasteiger partial charge in [0.05, 0.1) is 29.3 Å². The predicted molar refractivity (Wildman–Crippen MR) is 117 cm³/mol. The summed E-state index contributed by atoms with van der Waals surface area (Å²) in [4.78, 5) is 26.1. The second-order valence-electron chi connectivity index (χ2n) is 6.69. The molecule has 0 spiro atoms. The molecule has 7 nitrogen and oxygen atoms in total. The number of hydrogen-bond acceptors (Lipinski definition) is 6. The molecule has 0 unspecified atom stereocenters. The van der Waals surface area contributed by atoms with Crippen LogP contribution in [0.5, 0.6) is 17.2 Å². The van der Waals surface area contributed by atoms with Crippen molar-refractivity contribution < 1.29 is 28.5 Å². The summed E-state index contributed by atoms with van der Waals surface area (Å²) >= 11 is 17.8. The molecule has 0 saturated heterocycles. The van der Waals surface area contributed by atoms with Gasteiger partial charge in [0.25, 0.3) is 5.91 Å². The van der Waals surface area contributed by atoms with Crippen LogP contribution in [0, 0.1) is 0 Å². The van der Waals surface area contributed by atoms with Crippen LogP contribution in [0.3, 0.4) is 0 Å². The Kier molecular flexibility index (Phi) is 7.75. The van der Waals surface area contributed by atoms with Gasteiger partial charge in [0.1, 0.15) is 5.75 Å². The van der Waals surface area contributed by atoms with Crippen molar-refractivity contribution in [3.63, 3.8) is 0 Å². The van der Waals surface area contributed by atoms with Crippen LogP contribution in [0.1, 0.15) is 11.1 Å². The number of rotatable bonds is 7. The average Bonchev–Trinajstić information content (AvgIpc) is 2.77. The number of hydrogen-bond donors (Lipinski definition) is 0. The third kappa shape index (κ3) is 5.67. The van der Waals surface area contributed by atoms with Crippen LogP contribution in [0.15, 0.2) is 24.3 Å². The van der Waals surface area contributed by atoms with Crippen molar-refractivity contribution >= 4 is 46.7 Å². The number of fused-ring (bicyclic) bond motifs is 1. The quantitative estimate of drug-likeness (QED) is 0.430. The maximum absolute atomic E-state index is 12.5. The van der Waals surface area contributed by atoms with E-state index in [9.17, 15) is 9.59 Å². The highest BCUT2D eigenvalue weighted by molar-refractivity contribution is 6.43. The standard InChI is InChI=1S/C21H20Cl3NO6/c1-28-18-5-12-3-4-25(9-13(12)6-19(18)29-2)20(26)10-31-21(27)11-30-17-8-15(23)14(22)7-16(17)24/h5-8H,3-4,9-11H2,1-2H3. The molecule has 0 N–H and O–H groups in total. The number of nitrogens with zero attached hydrogens (tertiary/aromatic N) is 1. The molecule has 2 aromatic carbocycles. The van der Waals surface area contributed by atoms with Crippen molar-refractivity contribution in [1.82, 2.24) is 4.90 Å². The fourth-order valence-corrected chi connectivity index (χ4v) is 3.71. The molecule has 2 aromatic rings. The molecule has 0 bridgehead atoms. The van der Waals surface area contributed by atoms with Gasteiger partial charge in [-0.2, -0.15) is 0 Å². The van der Waals surface area contributed by atoms with Gasteiger partial charge in [-0.1, -0.05) is 34.8 Å². The molecule has 3 rings (SSSR count). The Morgan fingerprint density at radius 1 is 0.871 bits per heavy atom. The van der Waals surface area contributed by atoms with Crippen LogP contribution in [0.25, 0.3) is 0 Å². The Morgan fingerprint density at radius 3 is 2.19 bits per heavy atom. The number of benzene rings is 2. The third-order valence-corrected chi connectivity index (χ3v) is 5.77. The molecule has 0 aromatic heterocycles. The summed E-state index contributed by atoms with van der Waals surface area (Å²) in [5.41, 5.74) is 2.05. The first-order valence-corrected chi connectivity index (χ1v) is 10.4. The van der Waals surface area contributed by atoms with E-state index in [1.165, 1.54) is 12.1 Å². The smallest absolute Gasteiger partial charge is 0.344 e. The average molecular weight is 489 g/mol. The number of esters is 1. The molecule has 0 saturated carbocycles. The van der Waals surface area contributed by atoms with E-state index in [-0.39, 0.29) is 33.3 Å². The zero-order valence-corrected chi connectivity index (χ0v) is 19.1. The molecule has 0 radical (unpaired) electrons. The summed E-state index contributed by atoms with van der Waals surface area (Å²) in [6.45, 7) is 0.0837. The monoisotopic (exact) mass is 487 g/mol. The van der Waals surface area contributed by atoms with Gasteiger partial charge in [0, 0.05) is 19.2 Å². The molecule has 1 aliphatic rings. The van der Waals surface area contributed by atoms with E-state index in [0.717, 1.165) is 11.1 Å². The number of carbonyl (C=O) groups is 2. The minimum atomic E-state index is -0.709. The second-order valence-corrected chi connectivity index (χ2v) is 7.91. The molecule has 1 aliphatic heterocycles. The Morgan fingerprint density at radius 2 is 1.52 bits per heavy atom. The number of amides is 1. The number of methoxy groups -OCH3 is 2. The minimum Gasteiger partial charge on any atom is -0.493 e. The van der Waals surface area contributed by atoms with Gasteiger partial charge in [0.15, 0.2) is 24.7 Å². The van der Waals surface area contributed by atoms with Crippen molar-refractivity contribution in [3.05, 3.63) is 50.5 Å². The number of halogens is 3. The van der Waals surface area contributed by atoms with Crippen molar-refractivity contribution in [1.29, 1.82) is 0 Å². The first-order chi connectivity index (χ1) is 14.8.